The van der Waals surface area contributed by atoms with Crippen LogP contribution in [0.5, 0.6) is 5.75 Å². The van der Waals surface area contributed by atoms with Crippen molar-refractivity contribution in [1.29, 1.82) is 0 Å². The molecule has 5 rings (SSSR count). The fourth-order valence-electron chi connectivity index (χ4n) is 4.15. The van der Waals surface area contributed by atoms with Gasteiger partial charge in [0.2, 0.25) is 0 Å². The number of carbonyl (C=O) groups excluding carboxylic acids is 1. The molecule has 2 aromatic heterocycles. The van der Waals surface area contributed by atoms with E-state index in [1.165, 1.54) is 29.6 Å². The normalized spacial score (nSPS) is 12.9. The Kier molecular flexibility index (Phi) is 5.96. The zero-order valence-corrected chi connectivity index (χ0v) is 19.8. The molecular formula is C25H23N5O4S. The lowest BCUT2D eigenvalue weighted by atomic mass is 10.1. The summed E-state index contributed by atoms with van der Waals surface area (Å²) in [7, 11) is -2.42. The van der Waals surface area contributed by atoms with E-state index in [1.807, 2.05) is 24.3 Å². The smallest absolute Gasteiger partial charge is 0.264 e. The topological polar surface area (TPSA) is 106 Å². The second-order valence-electron chi connectivity index (χ2n) is 7.94. The van der Waals surface area contributed by atoms with Crippen molar-refractivity contribution >= 4 is 21.6 Å². The second-order valence-corrected chi connectivity index (χ2v) is 9.80. The summed E-state index contributed by atoms with van der Waals surface area (Å²) in [6.45, 7) is 0.522. The number of carbonyl (C=O) groups is 1. The number of nitrogens with zero attached hydrogens (tertiary/aromatic N) is 4. The Labute approximate surface area is 203 Å². The molecule has 0 radical (unpaired) electrons. The summed E-state index contributed by atoms with van der Waals surface area (Å²) >= 11 is 0. The van der Waals surface area contributed by atoms with E-state index >= 15 is 0 Å². The maximum absolute atomic E-state index is 13.5. The molecule has 0 saturated heterocycles. The number of fused-ring (bicyclic) bond motifs is 1. The number of nitrogens with one attached hydrogen (secondary N) is 1. The Morgan fingerprint density at radius 2 is 1.94 bits per heavy atom. The molecule has 10 heteroatoms. The number of anilines is 1. The van der Waals surface area contributed by atoms with Gasteiger partial charge in [-0.3, -0.25) is 9.10 Å². The lowest BCUT2D eigenvalue weighted by molar-refractivity contribution is 0.0947. The maximum Gasteiger partial charge on any atom is 0.264 e. The first kappa shape index (κ1) is 22.6. The zero-order chi connectivity index (χ0) is 24.4. The summed E-state index contributed by atoms with van der Waals surface area (Å²) in [6.07, 6.45) is 5.70. The summed E-state index contributed by atoms with van der Waals surface area (Å²) in [5.74, 6) is 0.409. The number of rotatable bonds is 7. The number of pyridine rings is 1. The van der Waals surface area contributed by atoms with Gasteiger partial charge >= 0.3 is 0 Å². The van der Waals surface area contributed by atoms with E-state index in [0.29, 0.717) is 24.5 Å². The number of ether oxygens (including phenoxy) is 1. The summed E-state index contributed by atoms with van der Waals surface area (Å²) in [6, 6.07) is 17.2. The highest BCUT2D eigenvalue weighted by atomic mass is 32.2. The first-order valence-corrected chi connectivity index (χ1v) is 12.4. The van der Waals surface area contributed by atoms with Crippen LogP contribution >= 0.6 is 0 Å². The zero-order valence-electron chi connectivity index (χ0n) is 19.0. The van der Waals surface area contributed by atoms with Gasteiger partial charge in [-0.15, -0.1) is 0 Å². The van der Waals surface area contributed by atoms with E-state index in [2.05, 4.69) is 15.4 Å². The van der Waals surface area contributed by atoms with Crippen LogP contribution in [0.25, 0.3) is 5.82 Å². The Morgan fingerprint density at radius 3 is 2.74 bits per heavy atom. The summed E-state index contributed by atoms with van der Waals surface area (Å²) in [5, 5.41) is 7.05. The molecule has 0 aliphatic carbocycles. The third-order valence-electron chi connectivity index (χ3n) is 5.88. The SMILES string of the molecule is COc1ccc(S(=O)(=O)N2CCc3ccccc32)cc1C(=O)NCc1cccnc1-n1cccn1. The van der Waals surface area contributed by atoms with Crippen LogP contribution in [0.2, 0.25) is 0 Å². The Morgan fingerprint density at radius 1 is 1.09 bits per heavy atom. The molecule has 0 fully saturated rings. The van der Waals surface area contributed by atoms with Crippen molar-refractivity contribution in [2.45, 2.75) is 17.9 Å². The molecule has 1 aliphatic rings. The number of sulfonamides is 1. The molecule has 3 heterocycles. The molecule has 35 heavy (non-hydrogen) atoms. The van der Waals surface area contributed by atoms with Crippen LogP contribution in [0.15, 0.2) is 84.1 Å². The molecule has 178 valence electrons. The maximum atomic E-state index is 13.5. The lowest BCUT2D eigenvalue weighted by Gasteiger charge is -2.20. The minimum absolute atomic E-state index is 0.0266. The van der Waals surface area contributed by atoms with E-state index in [1.54, 1.807) is 41.5 Å². The number of aromatic nitrogens is 3. The molecule has 0 bridgehead atoms. The molecular weight excluding hydrogens is 466 g/mol. The van der Waals surface area contributed by atoms with E-state index in [4.69, 9.17) is 4.74 Å². The number of amides is 1. The molecule has 1 aliphatic heterocycles. The molecule has 0 spiro atoms. The van der Waals surface area contributed by atoms with Crippen molar-refractivity contribution in [2.75, 3.05) is 18.0 Å². The van der Waals surface area contributed by atoms with Crippen LogP contribution in [0.4, 0.5) is 5.69 Å². The van der Waals surface area contributed by atoms with Gasteiger partial charge in [0.05, 0.1) is 23.3 Å². The average molecular weight is 490 g/mol. The molecule has 0 atom stereocenters. The predicted molar refractivity (Wildman–Crippen MR) is 130 cm³/mol. The van der Waals surface area contributed by atoms with Crippen LogP contribution in [-0.2, 0) is 23.0 Å². The number of hydrogen-bond donors (Lipinski definition) is 1. The van der Waals surface area contributed by atoms with Crippen LogP contribution in [0.1, 0.15) is 21.5 Å². The minimum atomic E-state index is -3.86. The number of benzene rings is 2. The highest BCUT2D eigenvalue weighted by Crippen LogP contribution is 2.34. The Balaban J connectivity index is 1.42. The predicted octanol–water partition coefficient (Wildman–Crippen LogP) is 2.96. The lowest BCUT2D eigenvalue weighted by Crippen LogP contribution is -2.30. The third kappa shape index (κ3) is 4.24. The standard InChI is InChI=1S/C25H23N5O4S/c1-34-23-10-9-20(35(32,33)30-15-11-18-6-2-3-8-22(18)30)16-21(23)25(31)27-17-19-7-4-12-26-24(19)29-14-5-13-28-29/h2-10,12-14,16H,11,15,17H2,1H3,(H,27,31). The minimum Gasteiger partial charge on any atom is -0.496 e. The van der Waals surface area contributed by atoms with Gasteiger partial charge < -0.3 is 10.1 Å². The van der Waals surface area contributed by atoms with Gasteiger partial charge in [0.25, 0.3) is 15.9 Å². The molecule has 4 aromatic rings. The van der Waals surface area contributed by atoms with Crippen molar-refractivity contribution in [3.05, 3.63) is 95.9 Å². The first-order chi connectivity index (χ1) is 17.0. The molecule has 1 N–H and O–H groups in total. The van der Waals surface area contributed by atoms with E-state index in [9.17, 15) is 13.2 Å². The van der Waals surface area contributed by atoms with Crippen LogP contribution in [0, 0.1) is 0 Å². The van der Waals surface area contributed by atoms with Crippen molar-refractivity contribution in [3.63, 3.8) is 0 Å². The monoisotopic (exact) mass is 489 g/mol. The second kappa shape index (κ2) is 9.22. The number of para-hydroxylation sites is 1. The molecule has 2 aromatic carbocycles. The van der Waals surface area contributed by atoms with Crippen molar-refractivity contribution in [1.82, 2.24) is 20.1 Å². The first-order valence-electron chi connectivity index (χ1n) is 11.0. The molecule has 0 saturated carbocycles. The van der Waals surface area contributed by atoms with Crippen molar-refractivity contribution in [2.24, 2.45) is 0 Å². The summed E-state index contributed by atoms with van der Waals surface area (Å²) in [5.41, 5.74) is 2.52. The molecule has 0 unspecified atom stereocenters. The highest BCUT2D eigenvalue weighted by Gasteiger charge is 2.31. The Hall–Kier alpha value is -4.18. The summed E-state index contributed by atoms with van der Waals surface area (Å²) in [4.78, 5) is 17.5. The van der Waals surface area contributed by atoms with Crippen molar-refractivity contribution < 1.29 is 17.9 Å². The fraction of sp³-hybridized carbons (Fsp3) is 0.160. The van der Waals surface area contributed by atoms with Gasteiger partial charge in [0.1, 0.15) is 5.75 Å². The quantitative estimate of drug-likeness (QED) is 0.428. The number of methoxy groups -OCH3 is 1. The fourth-order valence-corrected chi connectivity index (χ4v) is 5.68. The van der Waals surface area contributed by atoms with Crippen LogP contribution in [0.3, 0.4) is 0 Å². The van der Waals surface area contributed by atoms with E-state index in [-0.39, 0.29) is 22.8 Å². The highest BCUT2D eigenvalue weighted by molar-refractivity contribution is 7.92. The van der Waals surface area contributed by atoms with Gasteiger partial charge in [0, 0.05) is 37.2 Å². The van der Waals surface area contributed by atoms with Crippen LogP contribution in [-0.4, -0.2) is 42.7 Å². The van der Waals surface area contributed by atoms with Gasteiger partial charge in [-0.2, -0.15) is 5.10 Å². The van der Waals surface area contributed by atoms with Gasteiger partial charge in [-0.25, -0.2) is 18.1 Å². The van der Waals surface area contributed by atoms with E-state index < -0.39 is 15.9 Å². The van der Waals surface area contributed by atoms with Gasteiger partial charge in [-0.1, -0.05) is 24.3 Å². The molecule has 1 amide bonds. The third-order valence-corrected chi connectivity index (χ3v) is 7.69. The number of hydrogen-bond acceptors (Lipinski definition) is 6. The van der Waals surface area contributed by atoms with Gasteiger partial charge in [-0.05, 0) is 48.4 Å². The van der Waals surface area contributed by atoms with E-state index in [0.717, 1.165) is 11.1 Å². The van der Waals surface area contributed by atoms with Crippen molar-refractivity contribution in [3.8, 4) is 11.6 Å². The largest absolute Gasteiger partial charge is 0.496 e. The average Bonchev–Trinajstić information content (AvgIpc) is 3.58. The van der Waals surface area contributed by atoms with Crippen LogP contribution < -0.4 is 14.4 Å². The molecule has 9 nitrogen and oxygen atoms in total. The van der Waals surface area contributed by atoms with Gasteiger partial charge in [0.15, 0.2) is 5.82 Å². The summed E-state index contributed by atoms with van der Waals surface area (Å²) < 4.78 is 35.3. The Bertz CT molecular complexity index is 1490.